The van der Waals surface area contributed by atoms with Gasteiger partial charge in [0.05, 0.1) is 0 Å². The lowest BCUT2D eigenvalue weighted by atomic mass is 10.1. The third-order valence-electron chi connectivity index (χ3n) is 2.34. The van der Waals surface area contributed by atoms with E-state index in [0.717, 1.165) is 25.1 Å². The number of hydrogen-bond acceptors (Lipinski definition) is 2. The van der Waals surface area contributed by atoms with Crippen molar-refractivity contribution in [1.82, 2.24) is 0 Å². The van der Waals surface area contributed by atoms with Crippen molar-refractivity contribution in [2.45, 2.75) is 32.2 Å². The summed E-state index contributed by atoms with van der Waals surface area (Å²) in [5.74, 6) is -0.212. The second kappa shape index (κ2) is 6.40. The molecule has 1 aromatic rings. The van der Waals surface area contributed by atoms with E-state index in [-0.39, 0.29) is 11.9 Å². The van der Waals surface area contributed by atoms with Crippen LogP contribution >= 0.6 is 0 Å². The average molecular weight is 210 g/mol. The molecule has 1 rings (SSSR count). The summed E-state index contributed by atoms with van der Waals surface area (Å²) in [4.78, 5) is 0. The smallest absolute Gasteiger partial charge is 0.123 e. The number of unbranched alkanes of at least 4 members (excludes halogenated alkanes) is 1. The first-order valence-corrected chi connectivity index (χ1v) is 5.47. The van der Waals surface area contributed by atoms with Crippen molar-refractivity contribution < 1.29 is 4.39 Å². The molecule has 1 unspecified atom stereocenters. The molecular weight excluding hydrogens is 191 g/mol. The molecule has 0 saturated carbocycles. The van der Waals surface area contributed by atoms with Crippen LogP contribution in [0.25, 0.3) is 0 Å². The molecule has 0 spiro atoms. The number of halogens is 1. The molecule has 0 bridgehead atoms. The van der Waals surface area contributed by atoms with Gasteiger partial charge < -0.3 is 11.1 Å². The number of benzene rings is 1. The van der Waals surface area contributed by atoms with Gasteiger partial charge in [0.2, 0.25) is 0 Å². The van der Waals surface area contributed by atoms with Crippen LogP contribution in [0.15, 0.2) is 24.3 Å². The van der Waals surface area contributed by atoms with E-state index in [1.165, 1.54) is 18.6 Å². The van der Waals surface area contributed by atoms with E-state index in [4.69, 9.17) is 5.73 Å². The molecule has 0 aromatic heterocycles. The highest BCUT2D eigenvalue weighted by atomic mass is 19.1. The van der Waals surface area contributed by atoms with Crippen molar-refractivity contribution in [2.75, 3.05) is 11.9 Å². The highest BCUT2D eigenvalue weighted by Crippen LogP contribution is 2.08. The molecule has 0 aliphatic carbocycles. The maximum absolute atomic E-state index is 12.6. The first kappa shape index (κ1) is 12.0. The molecule has 1 atom stereocenters. The third kappa shape index (κ3) is 4.79. The summed E-state index contributed by atoms with van der Waals surface area (Å²) in [6.07, 6.45) is 3.36. The lowest BCUT2D eigenvalue weighted by Gasteiger charge is -2.13. The van der Waals surface area contributed by atoms with Crippen LogP contribution in [0.2, 0.25) is 0 Å². The molecule has 0 radical (unpaired) electrons. The molecular formula is C12H19FN2. The lowest BCUT2D eigenvalue weighted by Crippen LogP contribution is -2.28. The van der Waals surface area contributed by atoms with E-state index in [0.29, 0.717) is 0 Å². The van der Waals surface area contributed by atoms with Crippen molar-refractivity contribution >= 4 is 5.69 Å². The first-order chi connectivity index (χ1) is 7.22. The zero-order valence-corrected chi connectivity index (χ0v) is 9.17. The minimum atomic E-state index is -0.212. The van der Waals surface area contributed by atoms with Gasteiger partial charge in [-0.1, -0.05) is 19.8 Å². The second-order valence-electron chi connectivity index (χ2n) is 3.79. The van der Waals surface area contributed by atoms with E-state index in [1.54, 1.807) is 12.1 Å². The van der Waals surface area contributed by atoms with Crippen molar-refractivity contribution in [3.63, 3.8) is 0 Å². The molecule has 0 saturated heterocycles. The van der Waals surface area contributed by atoms with Gasteiger partial charge in [0.15, 0.2) is 0 Å². The van der Waals surface area contributed by atoms with E-state index in [2.05, 4.69) is 12.2 Å². The Labute approximate surface area is 90.7 Å². The Balaban J connectivity index is 2.27. The van der Waals surface area contributed by atoms with E-state index < -0.39 is 0 Å². The fourth-order valence-electron chi connectivity index (χ4n) is 1.39. The van der Waals surface area contributed by atoms with Gasteiger partial charge >= 0.3 is 0 Å². The molecule has 2 nitrogen and oxygen atoms in total. The third-order valence-corrected chi connectivity index (χ3v) is 2.34. The molecule has 3 heteroatoms. The monoisotopic (exact) mass is 210 g/mol. The van der Waals surface area contributed by atoms with E-state index >= 15 is 0 Å². The molecule has 84 valence electrons. The van der Waals surface area contributed by atoms with Crippen molar-refractivity contribution in [1.29, 1.82) is 0 Å². The molecule has 3 N–H and O–H groups in total. The topological polar surface area (TPSA) is 38.0 Å². The Morgan fingerprint density at radius 1 is 1.33 bits per heavy atom. The maximum Gasteiger partial charge on any atom is 0.123 e. The van der Waals surface area contributed by atoms with Gasteiger partial charge in [-0.3, -0.25) is 0 Å². The van der Waals surface area contributed by atoms with Gasteiger partial charge in [0.25, 0.3) is 0 Å². The average Bonchev–Trinajstić information content (AvgIpc) is 2.25. The summed E-state index contributed by atoms with van der Waals surface area (Å²) in [5, 5.41) is 3.19. The van der Waals surface area contributed by atoms with E-state index in [1.807, 2.05) is 0 Å². The molecule has 0 amide bonds. The van der Waals surface area contributed by atoms with Gasteiger partial charge in [-0.25, -0.2) is 4.39 Å². The fraction of sp³-hybridized carbons (Fsp3) is 0.500. The zero-order valence-electron chi connectivity index (χ0n) is 9.17. The minimum absolute atomic E-state index is 0.176. The van der Waals surface area contributed by atoms with Crippen molar-refractivity contribution in [3.05, 3.63) is 30.1 Å². The van der Waals surface area contributed by atoms with Crippen LogP contribution in [0.1, 0.15) is 26.2 Å². The van der Waals surface area contributed by atoms with Gasteiger partial charge in [-0.05, 0) is 30.7 Å². The summed E-state index contributed by atoms with van der Waals surface area (Å²) in [5.41, 5.74) is 6.82. The predicted molar refractivity (Wildman–Crippen MR) is 62.4 cm³/mol. The standard InChI is InChI=1S/C12H19FN2/c1-2-3-4-11(14)9-15-12-7-5-10(13)6-8-12/h5-8,11,15H,2-4,9,14H2,1H3. The van der Waals surface area contributed by atoms with Gasteiger partial charge in [-0.2, -0.15) is 0 Å². The zero-order chi connectivity index (χ0) is 11.1. The minimum Gasteiger partial charge on any atom is -0.383 e. The Morgan fingerprint density at radius 3 is 2.60 bits per heavy atom. The maximum atomic E-state index is 12.6. The number of hydrogen-bond donors (Lipinski definition) is 2. The molecule has 0 aliphatic heterocycles. The van der Waals surface area contributed by atoms with Crippen molar-refractivity contribution in [2.24, 2.45) is 5.73 Å². The summed E-state index contributed by atoms with van der Waals surface area (Å²) in [6, 6.07) is 6.51. The van der Waals surface area contributed by atoms with Crippen LogP contribution in [0.3, 0.4) is 0 Å². The summed E-state index contributed by atoms with van der Waals surface area (Å²) in [6.45, 7) is 2.89. The Kier molecular flexibility index (Phi) is 5.12. The van der Waals surface area contributed by atoms with Crippen LogP contribution in [0.5, 0.6) is 0 Å². The predicted octanol–water partition coefficient (Wildman–Crippen LogP) is 2.76. The molecule has 15 heavy (non-hydrogen) atoms. The van der Waals surface area contributed by atoms with Crippen LogP contribution in [-0.2, 0) is 0 Å². The number of nitrogens with two attached hydrogens (primary N) is 1. The normalized spacial score (nSPS) is 12.5. The summed E-state index contributed by atoms with van der Waals surface area (Å²) in [7, 11) is 0. The summed E-state index contributed by atoms with van der Waals surface area (Å²) >= 11 is 0. The van der Waals surface area contributed by atoms with Gasteiger partial charge in [0, 0.05) is 18.3 Å². The molecule has 0 aliphatic rings. The quantitative estimate of drug-likeness (QED) is 0.757. The second-order valence-corrected chi connectivity index (χ2v) is 3.79. The fourth-order valence-corrected chi connectivity index (χ4v) is 1.39. The van der Waals surface area contributed by atoms with Crippen LogP contribution in [-0.4, -0.2) is 12.6 Å². The first-order valence-electron chi connectivity index (χ1n) is 5.47. The van der Waals surface area contributed by atoms with Gasteiger partial charge in [0.1, 0.15) is 5.82 Å². The van der Waals surface area contributed by atoms with Gasteiger partial charge in [-0.15, -0.1) is 0 Å². The highest BCUT2D eigenvalue weighted by Gasteiger charge is 2.01. The highest BCUT2D eigenvalue weighted by molar-refractivity contribution is 5.42. The Morgan fingerprint density at radius 2 is 2.00 bits per heavy atom. The lowest BCUT2D eigenvalue weighted by molar-refractivity contribution is 0.595. The largest absolute Gasteiger partial charge is 0.383 e. The molecule has 1 aromatic carbocycles. The summed E-state index contributed by atoms with van der Waals surface area (Å²) < 4.78 is 12.6. The van der Waals surface area contributed by atoms with Crippen LogP contribution in [0.4, 0.5) is 10.1 Å². The Bertz CT molecular complexity index is 271. The van der Waals surface area contributed by atoms with Crippen molar-refractivity contribution in [3.8, 4) is 0 Å². The SMILES string of the molecule is CCCCC(N)CNc1ccc(F)cc1. The van der Waals surface area contributed by atoms with Crippen LogP contribution in [0, 0.1) is 5.82 Å². The van der Waals surface area contributed by atoms with Crippen LogP contribution < -0.4 is 11.1 Å². The molecule has 0 fully saturated rings. The Hall–Kier alpha value is -1.09. The van der Waals surface area contributed by atoms with E-state index in [9.17, 15) is 4.39 Å². The number of rotatable bonds is 6. The number of anilines is 1. The number of nitrogens with one attached hydrogen (secondary N) is 1. The molecule has 0 heterocycles.